The van der Waals surface area contributed by atoms with Crippen LogP contribution in [0.3, 0.4) is 0 Å². The van der Waals surface area contributed by atoms with Crippen LogP contribution in [0.15, 0.2) is 58.1 Å². The molecule has 0 heterocycles. The van der Waals surface area contributed by atoms with E-state index in [1.165, 1.54) is 0 Å². The summed E-state index contributed by atoms with van der Waals surface area (Å²) in [7, 11) is 0. The molecule has 2 aromatic carbocycles. The summed E-state index contributed by atoms with van der Waals surface area (Å²) in [5.41, 5.74) is 4.05. The summed E-state index contributed by atoms with van der Waals surface area (Å²) >= 11 is 8.32. The minimum atomic E-state index is -0.401. The molecule has 124 valence electrons. The van der Waals surface area contributed by atoms with Crippen molar-refractivity contribution in [2.24, 2.45) is 5.10 Å². The Kier molecular flexibility index (Phi) is 6.89. The molecule has 0 atom stereocenters. The number of ether oxygens (including phenoxy) is 1. The number of benzene rings is 2. The van der Waals surface area contributed by atoms with Crippen molar-refractivity contribution in [3.05, 3.63) is 64.1 Å². The summed E-state index contributed by atoms with van der Waals surface area (Å²) in [6, 6.07) is 14.0. The number of thiocarbonyl (C=S) groups is 1. The molecule has 0 unspecified atom stereocenters. The van der Waals surface area contributed by atoms with Crippen LogP contribution in [0.5, 0.6) is 5.75 Å². The Morgan fingerprint density at radius 3 is 2.50 bits per heavy atom. The molecule has 2 rings (SSSR count). The Labute approximate surface area is 154 Å². The van der Waals surface area contributed by atoms with E-state index in [9.17, 15) is 4.79 Å². The summed E-state index contributed by atoms with van der Waals surface area (Å²) < 4.78 is 6.23. The van der Waals surface area contributed by atoms with Gasteiger partial charge in [0.25, 0.3) is 0 Å². The molecule has 0 amide bonds. The Bertz CT molecular complexity index is 731. The van der Waals surface area contributed by atoms with Crippen molar-refractivity contribution in [2.75, 3.05) is 6.54 Å². The van der Waals surface area contributed by atoms with Gasteiger partial charge in [-0.1, -0.05) is 15.9 Å². The number of rotatable bonds is 5. The standard InChI is InChI=1S/C17H16BrN3O2S/c1-2-19-17(24)21-20-11-12-3-9-15(10-4-12)23-16(22)13-5-7-14(18)8-6-13/h3-11H,2H2,1H3,(H2,19,21,24)/b20-11+. The highest BCUT2D eigenvalue weighted by Crippen LogP contribution is 2.15. The molecule has 0 radical (unpaired) electrons. The van der Waals surface area contributed by atoms with E-state index in [0.717, 1.165) is 16.6 Å². The smallest absolute Gasteiger partial charge is 0.343 e. The number of esters is 1. The maximum atomic E-state index is 12.0. The van der Waals surface area contributed by atoms with Gasteiger partial charge >= 0.3 is 5.97 Å². The number of hydrazone groups is 1. The first-order chi connectivity index (χ1) is 11.6. The largest absolute Gasteiger partial charge is 0.423 e. The zero-order chi connectivity index (χ0) is 17.4. The van der Waals surface area contributed by atoms with Crippen LogP contribution in [0.2, 0.25) is 0 Å². The van der Waals surface area contributed by atoms with Gasteiger partial charge in [-0.2, -0.15) is 5.10 Å². The molecular formula is C17H16BrN3O2S. The van der Waals surface area contributed by atoms with E-state index >= 15 is 0 Å². The van der Waals surface area contributed by atoms with Crippen molar-refractivity contribution in [3.63, 3.8) is 0 Å². The minimum Gasteiger partial charge on any atom is -0.423 e. The van der Waals surface area contributed by atoms with Crippen LogP contribution in [0.25, 0.3) is 0 Å². The fourth-order valence-corrected chi connectivity index (χ4v) is 2.20. The lowest BCUT2D eigenvalue weighted by Gasteiger charge is -2.05. The highest BCUT2D eigenvalue weighted by Gasteiger charge is 2.08. The topological polar surface area (TPSA) is 62.7 Å². The van der Waals surface area contributed by atoms with Gasteiger partial charge in [-0.05, 0) is 73.2 Å². The molecule has 0 saturated carbocycles. The predicted octanol–water partition coefficient (Wildman–Crippen LogP) is 3.49. The van der Waals surface area contributed by atoms with Gasteiger partial charge in [0.15, 0.2) is 5.11 Å². The third kappa shape index (κ3) is 5.75. The molecule has 2 aromatic rings. The lowest BCUT2D eigenvalue weighted by atomic mass is 10.2. The first-order valence-electron chi connectivity index (χ1n) is 7.23. The number of halogens is 1. The monoisotopic (exact) mass is 405 g/mol. The number of nitrogens with zero attached hydrogens (tertiary/aromatic N) is 1. The SMILES string of the molecule is CCNC(=S)N/N=C/c1ccc(OC(=O)c2ccc(Br)cc2)cc1. The van der Waals surface area contributed by atoms with E-state index in [1.807, 2.05) is 6.92 Å². The molecular weight excluding hydrogens is 390 g/mol. The van der Waals surface area contributed by atoms with Crippen LogP contribution in [-0.4, -0.2) is 23.8 Å². The summed E-state index contributed by atoms with van der Waals surface area (Å²) in [5.74, 6) is 0.0674. The van der Waals surface area contributed by atoms with Crippen LogP contribution >= 0.6 is 28.1 Å². The summed E-state index contributed by atoms with van der Waals surface area (Å²) in [5, 5.41) is 7.41. The second-order valence-electron chi connectivity index (χ2n) is 4.69. The Hall–Kier alpha value is -2.25. The number of hydrogen-bond donors (Lipinski definition) is 2. The molecule has 0 saturated heterocycles. The van der Waals surface area contributed by atoms with Gasteiger partial charge in [-0.3, -0.25) is 5.43 Å². The van der Waals surface area contributed by atoms with E-state index in [0.29, 0.717) is 16.4 Å². The first-order valence-corrected chi connectivity index (χ1v) is 8.43. The lowest BCUT2D eigenvalue weighted by molar-refractivity contribution is 0.0735. The second-order valence-corrected chi connectivity index (χ2v) is 6.02. The van der Waals surface area contributed by atoms with Crippen molar-refractivity contribution in [3.8, 4) is 5.75 Å². The van der Waals surface area contributed by atoms with Crippen molar-refractivity contribution in [1.82, 2.24) is 10.7 Å². The van der Waals surface area contributed by atoms with Crippen LogP contribution in [0.1, 0.15) is 22.8 Å². The van der Waals surface area contributed by atoms with Crippen molar-refractivity contribution >= 4 is 45.4 Å². The Morgan fingerprint density at radius 2 is 1.88 bits per heavy atom. The van der Waals surface area contributed by atoms with Crippen LogP contribution in [0.4, 0.5) is 0 Å². The molecule has 5 nitrogen and oxygen atoms in total. The average molecular weight is 406 g/mol. The molecule has 0 aliphatic heterocycles. The summed E-state index contributed by atoms with van der Waals surface area (Å²) in [6.45, 7) is 2.69. The fourth-order valence-electron chi connectivity index (χ4n) is 1.74. The maximum Gasteiger partial charge on any atom is 0.343 e. The van der Waals surface area contributed by atoms with Gasteiger partial charge < -0.3 is 10.1 Å². The van der Waals surface area contributed by atoms with Gasteiger partial charge in [0.2, 0.25) is 0 Å². The van der Waals surface area contributed by atoms with E-state index in [1.54, 1.807) is 54.7 Å². The lowest BCUT2D eigenvalue weighted by Crippen LogP contribution is -2.31. The number of carbonyl (C=O) groups is 1. The van der Waals surface area contributed by atoms with Crippen molar-refractivity contribution in [2.45, 2.75) is 6.92 Å². The van der Waals surface area contributed by atoms with Crippen molar-refractivity contribution in [1.29, 1.82) is 0 Å². The second kappa shape index (κ2) is 9.14. The molecule has 0 spiro atoms. The molecule has 0 aliphatic carbocycles. The molecule has 2 N–H and O–H groups in total. The van der Waals surface area contributed by atoms with Gasteiger partial charge in [-0.25, -0.2) is 4.79 Å². The highest BCUT2D eigenvalue weighted by atomic mass is 79.9. The molecule has 0 aromatic heterocycles. The Balaban J connectivity index is 1.92. The quantitative estimate of drug-likeness (QED) is 0.262. The Morgan fingerprint density at radius 1 is 1.21 bits per heavy atom. The van der Waals surface area contributed by atoms with Crippen LogP contribution < -0.4 is 15.5 Å². The van der Waals surface area contributed by atoms with Gasteiger partial charge in [0, 0.05) is 11.0 Å². The zero-order valence-corrected chi connectivity index (χ0v) is 15.4. The molecule has 24 heavy (non-hydrogen) atoms. The summed E-state index contributed by atoms with van der Waals surface area (Å²) in [6.07, 6.45) is 1.63. The average Bonchev–Trinajstić information content (AvgIpc) is 2.57. The normalized spacial score (nSPS) is 10.4. The minimum absolute atomic E-state index is 0.401. The highest BCUT2D eigenvalue weighted by molar-refractivity contribution is 9.10. The van der Waals surface area contributed by atoms with E-state index in [-0.39, 0.29) is 0 Å². The number of nitrogens with one attached hydrogen (secondary N) is 2. The number of carbonyl (C=O) groups excluding carboxylic acids is 1. The van der Waals surface area contributed by atoms with Gasteiger partial charge in [0.1, 0.15) is 5.75 Å². The molecule has 0 fully saturated rings. The van der Waals surface area contributed by atoms with Crippen LogP contribution in [0, 0.1) is 0 Å². The number of hydrogen-bond acceptors (Lipinski definition) is 4. The molecule has 7 heteroatoms. The van der Waals surface area contributed by atoms with E-state index in [4.69, 9.17) is 17.0 Å². The van der Waals surface area contributed by atoms with Crippen molar-refractivity contribution < 1.29 is 9.53 Å². The summed E-state index contributed by atoms with van der Waals surface area (Å²) in [4.78, 5) is 12.0. The molecule has 0 bridgehead atoms. The van der Waals surface area contributed by atoms with Gasteiger partial charge in [-0.15, -0.1) is 0 Å². The third-order valence-electron chi connectivity index (χ3n) is 2.89. The molecule has 0 aliphatic rings. The zero-order valence-electron chi connectivity index (χ0n) is 13.0. The fraction of sp³-hybridized carbons (Fsp3) is 0.118. The van der Waals surface area contributed by atoms with E-state index < -0.39 is 5.97 Å². The third-order valence-corrected chi connectivity index (χ3v) is 3.65. The van der Waals surface area contributed by atoms with E-state index in [2.05, 4.69) is 31.8 Å². The maximum absolute atomic E-state index is 12.0. The first kappa shape index (κ1) is 18.1. The van der Waals surface area contributed by atoms with Crippen LogP contribution in [-0.2, 0) is 0 Å². The van der Waals surface area contributed by atoms with Gasteiger partial charge in [0.05, 0.1) is 11.8 Å². The predicted molar refractivity (Wildman–Crippen MR) is 103 cm³/mol.